The summed E-state index contributed by atoms with van der Waals surface area (Å²) in [5.41, 5.74) is 4.39. The highest BCUT2D eigenvalue weighted by Crippen LogP contribution is 2.40. The van der Waals surface area contributed by atoms with Crippen LogP contribution in [0.4, 0.5) is 5.95 Å². The largest absolute Gasteiger partial charge is 0.466 e. The van der Waals surface area contributed by atoms with E-state index in [9.17, 15) is 4.79 Å². The molecule has 3 aromatic rings. The van der Waals surface area contributed by atoms with Crippen molar-refractivity contribution in [3.05, 3.63) is 71.4 Å². The number of carbonyl (C=O) groups is 1. The molecule has 1 unspecified atom stereocenters. The smallest absolute Gasteiger partial charge is 0.338 e. The first-order valence-electron chi connectivity index (χ1n) is 8.35. The molecule has 1 atom stereocenters. The molecule has 5 heteroatoms. The second kappa shape index (κ2) is 6.09. The average molecular weight is 333 g/mol. The topological polar surface area (TPSA) is 56.2 Å². The summed E-state index contributed by atoms with van der Waals surface area (Å²) in [5, 5.41) is 3.33. The van der Waals surface area contributed by atoms with Crippen LogP contribution in [0.15, 0.2) is 65.9 Å². The molecular formula is C20H19N3O2. The molecule has 0 fully saturated rings. The third kappa shape index (κ3) is 2.39. The Morgan fingerprint density at radius 2 is 1.88 bits per heavy atom. The lowest BCUT2D eigenvalue weighted by Gasteiger charge is -2.30. The van der Waals surface area contributed by atoms with Crippen LogP contribution in [0.25, 0.3) is 11.0 Å². The molecule has 2 heterocycles. The SMILES string of the molecule is CCC1=C(C(=O)OC)C(c2ccccc2)n2c(nc3ccccc32)N1. The first kappa shape index (κ1) is 15.4. The molecule has 5 nitrogen and oxygen atoms in total. The van der Waals surface area contributed by atoms with E-state index in [1.807, 2.05) is 61.5 Å². The number of hydrogen-bond donors (Lipinski definition) is 1. The van der Waals surface area contributed by atoms with Crippen LogP contribution < -0.4 is 5.32 Å². The Morgan fingerprint density at radius 1 is 1.16 bits per heavy atom. The Hall–Kier alpha value is -3.08. The Morgan fingerprint density at radius 3 is 2.60 bits per heavy atom. The number of hydrogen-bond acceptors (Lipinski definition) is 4. The summed E-state index contributed by atoms with van der Waals surface area (Å²) in [5.74, 6) is 0.432. The number of ether oxygens (including phenoxy) is 1. The van der Waals surface area contributed by atoms with Gasteiger partial charge >= 0.3 is 5.97 Å². The lowest BCUT2D eigenvalue weighted by atomic mass is 9.94. The van der Waals surface area contributed by atoms with E-state index >= 15 is 0 Å². The van der Waals surface area contributed by atoms with E-state index in [1.165, 1.54) is 7.11 Å². The van der Waals surface area contributed by atoms with Crippen LogP contribution in [-0.4, -0.2) is 22.6 Å². The van der Waals surface area contributed by atoms with Crippen LogP contribution in [0.2, 0.25) is 0 Å². The molecule has 25 heavy (non-hydrogen) atoms. The number of carbonyl (C=O) groups excluding carboxylic acids is 1. The normalized spacial score (nSPS) is 16.5. The number of nitrogens with one attached hydrogen (secondary N) is 1. The van der Waals surface area contributed by atoms with Crippen LogP contribution in [-0.2, 0) is 9.53 Å². The van der Waals surface area contributed by atoms with Gasteiger partial charge in [0.2, 0.25) is 5.95 Å². The number of para-hydroxylation sites is 2. The minimum Gasteiger partial charge on any atom is -0.466 e. The fourth-order valence-electron chi connectivity index (χ4n) is 3.47. The minimum absolute atomic E-state index is 0.271. The van der Waals surface area contributed by atoms with Crippen molar-refractivity contribution in [2.45, 2.75) is 19.4 Å². The summed E-state index contributed by atoms with van der Waals surface area (Å²) < 4.78 is 7.19. The first-order valence-corrected chi connectivity index (χ1v) is 8.35. The summed E-state index contributed by atoms with van der Waals surface area (Å²) in [4.78, 5) is 17.3. The molecule has 2 aromatic carbocycles. The molecule has 0 bridgehead atoms. The maximum atomic E-state index is 12.6. The van der Waals surface area contributed by atoms with Gasteiger partial charge in [-0.1, -0.05) is 49.4 Å². The van der Waals surface area contributed by atoms with Gasteiger partial charge in [-0.25, -0.2) is 9.78 Å². The van der Waals surface area contributed by atoms with Gasteiger partial charge in [0.1, 0.15) is 0 Å². The summed E-state index contributed by atoms with van der Waals surface area (Å²) in [6.07, 6.45) is 0.691. The third-order valence-electron chi connectivity index (χ3n) is 4.59. The van der Waals surface area contributed by atoms with Crippen molar-refractivity contribution in [1.29, 1.82) is 0 Å². The van der Waals surface area contributed by atoms with Gasteiger partial charge in [0, 0.05) is 5.70 Å². The number of nitrogens with zero attached hydrogens (tertiary/aromatic N) is 2. The van der Waals surface area contributed by atoms with E-state index in [0.29, 0.717) is 12.0 Å². The van der Waals surface area contributed by atoms with Crippen molar-refractivity contribution in [3.8, 4) is 0 Å². The van der Waals surface area contributed by atoms with E-state index in [0.717, 1.165) is 28.2 Å². The number of imidazole rings is 1. The lowest BCUT2D eigenvalue weighted by Crippen LogP contribution is -2.29. The van der Waals surface area contributed by atoms with Gasteiger partial charge in [0.15, 0.2) is 0 Å². The molecule has 1 aliphatic heterocycles. The number of anilines is 1. The Bertz CT molecular complexity index is 973. The van der Waals surface area contributed by atoms with Crippen LogP contribution in [0.3, 0.4) is 0 Å². The summed E-state index contributed by atoms with van der Waals surface area (Å²) in [6.45, 7) is 2.02. The van der Waals surface area contributed by atoms with Crippen molar-refractivity contribution < 1.29 is 9.53 Å². The predicted molar refractivity (Wildman–Crippen MR) is 97.3 cm³/mol. The third-order valence-corrected chi connectivity index (χ3v) is 4.59. The maximum Gasteiger partial charge on any atom is 0.338 e. The van der Waals surface area contributed by atoms with E-state index in [-0.39, 0.29) is 12.0 Å². The molecule has 0 amide bonds. The van der Waals surface area contributed by atoms with Gasteiger partial charge in [-0.15, -0.1) is 0 Å². The van der Waals surface area contributed by atoms with Crippen LogP contribution in [0.1, 0.15) is 24.9 Å². The van der Waals surface area contributed by atoms with Crippen LogP contribution in [0, 0.1) is 0 Å². The highest BCUT2D eigenvalue weighted by Gasteiger charge is 2.35. The van der Waals surface area contributed by atoms with Crippen molar-refractivity contribution in [3.63, 3.8) is 0 Å². The van der Waals surface area contributed by atoms with E-state index < -0.39 is 0 Å². The summed E-state index contributed by atoms with van der Waals surface area (Å²) in [6, 6.07) is 17.7. The number of rotatable bonds is 3. The van der Waals surface area contributed by atoms with Gasteiger partial charge in [-0.3, -0.25) is 4.57 Å². The number of aromatic nitrogens is 2. The molecule has 1 aliphatic rings. The molecule has 1 aromatic heterocycles. The standard InChI is InChI=1S/C20H19N3O2/c1-3-14-17(19(24)25-2)18(13-9-5-4-6-10-13)23-16-12-8-7-11-15(16)22-20(23)21-14/h4-12,18H,3H2,1-2H3,(H,21,22). The average Bonchev–Trinajstić information content (AvgIpc) is 3.04. The number of fused-ring (bicyclic) bond motifs is 3. The Kier molecular flexibility index (Phi) is 3.76. The van der Waals surface area contributed by atoms with E-state index in [2.05, 4.69) is 9.88 Å². The molecular weight excluding hydrogens is 314 g/mol. The summed E-state index contributed by atoms with van der Waals surface area (Å²) >= 11 is 0. The van der Waals surface area contributed by atoms with E-state index in [1.54, 1.807) is 0 Å². The minimum atomic E-state index is -0.318. The number of allylic oxidation sites excluding steroid dienone is 1. The van der Waals surface area contributed by atoms with Crippen molar-refractivity contribution in [1.82, 2.24) is 9.55 Å². The molecule has 0 spiro atoms. The molecule has 0 radical (unpaired) electrons. The van der Waals surface area contributed by atoms with Crippen molar-refractivity contribution >= 4 is 23.0 Å². The fraction of sp³-hybridized carbons (Fsp3) is 0.200. The van der Waals surface area contributed by atoms with Gasteiger partial charge in [0.05, 0.1) is 29.8 Å². The first-order chi connectivity index (χ1) is 12.2. The van der Waals surface area contributed by atoms with Gasteiger partial charge < -0.3 is 10.1 Å². The predicted octanol–water partition coefficient (Wildman–Crippen LogP) is 3.89. The van der Waals surface area contributed by atoms with Crippen molar-refractivity contribution in [2.24, 2.45) is 0 Å². The number of esters is 1. The monoisotopic (exact) mass is 333 g/mol. The lowest BCUT2D eigenvalue weighted by molar-refractivity contribution is -0.136. The Labute approximate surface area is 145 Å². The van der Waals surface area contributed by atoms with Gasteiger partial charge in [-0.05, 0) is 24.1 Å². The molecule has 0 saturated heterocycles. The number of methoxy groups -OCH3 is 1. The fourth-order valence-corrected chi connectivity index (χ4v) is 3.47. The zero-order chi connectivity index (χ0) is 17.4. The van der Waals surface area contributed by atoms with E-state index in [4.69, 9.17) is 9.72 Å². The van der Waals surface area contributed by atoms with Crippen molar-refractivity contribution in [2.75, 3.05) is 12.4 Å². The van der Waals surface area contributed by atoms with Crippen LogP contribution >= 0.6 is 0 Å². The Balaban J connectivity index is 2.03. The molecule has 1 N–H and O–H groups in total. The quantitative estimate of drug-likeness (QED) is 0.739. The molecule has 126 valence electrons. The molecule has 4 rings (SSSR count). The van der Waals surface area contributed by atoms with Gasteiger partial charge in [-0.2, -0.15) is 0 Å². The second-order valence-corrected chi connectivity index (χ2v) is 5.97. The summed E-state index contributed by atoms with van der Waals surface area (Å²) in [7, 11) is 1.42. The zero-order valence-electron chi connectivity index (χ0n) is 14.2. The van der Waals surface area contributed by atoms with Crippen LogP contribution in [0.5, 0.6) is 0 Å². The number of benzene rings is 2. The molecule has 0 aliphatic carbocycles. The highest BCUT2D eigenvalue weighted by molar-refractivity contribution is 5.94. The maximum absolute atomic E-state index is 12.6. The van der Waals surface area contributed by atoms with Gasteiger partial charge in [0.25, 0.3) is 0 Å². The second-order valence-electron chi connectivity index (χ2n) is 5.97. The molecule has 0 saturated carbocycles. The zero-order valence-corrected chi connectivity index (χ0v) is 14.2. The highest BCUT2D eigenvalue weighted by atomic mass is 16.5.